The SMILES string of the molecule is Cc1ccc(Cn2c3ccc(C)cc3c3ncn(Cc4ccccc4Cl)c(=O)c32)cc1. The highest BCUT2D eigenvalue weighted by Crippen LogP contribution is 2.27. The van der Waals surface area contributed by atoms with Crippen molar-refractivity contribution in [2.75, 3.05) is 0 Å². The normalized spacial score (nSPS) is 11.5. The van der Waals surface area contributed by atoms with Crippen molar-refractivity contribution in [2.24, 2.45) is 0 Å². The summed E-state index contributed by atoms with van der Waals surface area (Å²) in [5, 5.41) is 1.65. The number of aryl methyl sites for hydroxylation is 2. The molecule has 5 aromatic rings. The van der Waals surface area contributed by atoms with Gasteiger partial charge in [0.1, 0.15) is 11.0 Å². The van der Waals surface area contributed by atoms with Crippen LogP contribution in [0.5, 0.6) is 0 Å². The predicted octanol–water partition coefficient (Wildman–Crippen LogP) is 5.72. The molecule has 154 valence electrons. The molecule has 0 atom stereocenters. The van der Waals surface area contributed by atoms with Crippen molar-refractivity contribution in [3.05, 3.63) is 111 Å². The van der Waals surface area contributed by atoms with Gasteiger partial charge in [-0.15, -0.1) is 0 Å². The number of hydrogen-bond donors (Lipinski definition) is 0. The van der Waals surface area contributed by atoms with Gasteiger partial charge in [-0.05, 0) is 43.2 Å². The summed E-state index contributed by atoms with van der Waals surface area (Å²) < 4.78 is 3.73. The molecule has 2 aromatic heterocycles. The molecule has 0 aliphatic rings. The van der Waals surface area contributed by atoms with Crippen LogP contribution in [0.15, 0.2) is 77.9 Å². The number of aromatic nitrogens is 3. The number of hydrogen-bond acceptors (Lipinski definition) is 2. The van der Waals surface area contributed by atoms with Crippen molar-refractivity contribution in [1.82, 2.24) is 14.1 Å². The van der Waals surface area contributed by atoms with Gasteiger partial charge in [0.05, 0.1) is 18.4 Å². The summed E-state index contributed by atoms with van der Waals surface area (Å²) in [6.45, 7) is 5.12. The molecule has 0 N–H and O–H groups in total. The van der Waals surface area contributed by atoms with Crippen molar-refractivity contribution >= 4 is 33.5 Å². The van der Waals surface area contributed by atoms with E-state index in [9.17, 15) is 4.79 Å². The minimum Gasteiger partial charge on any atom is -0.330 e. The van der Waals surface area contributed by atoms with Crippen LogP contribution in [0.25, 0.3) is 21.9 Å². The first kappa shape index (κ1) is 19.6. The standard InChI is InChI=1S/C26H22ClN3O/c1-17-7-10-19(11-8-17)14-30-23-12-9-18(2)13-21(23)24-25(30)26(31)29(16-28-24)15-20-5-3-4-6-22(20)27/h3-13,16H,14-15H2,1-2H3. The van der Waals surface area contributed by atoms with Crippen molar-refractivity contribution < 1.29 is 0 Å². The lowest BCUT2D eigenvalue weighted by atomic mass is 10.1. The highest BCUT2D eigenvalue weighted by Gasteiger charge is 2.17. The van der Waals surface area contributed by atoms with Gasteiger partial charge in [0.25, 0.3) is 5.56 Å². The van der Waals surface area contributed by atoms with E-state index in [0.717, 1.165) is 33.1 Å². The van der Waals surface area contributed by atoms with Gasteiger partial charge < -0.3 is 4.57 Å². The molecule has 5 rings (SSSR count). The Morgan fingerprint density at radius 2 is 1.65 bits per heavy atom. The third-order valence-electron chi connectivity index (χ3n) is 5.74. The first-order valence-electron chi connectivity index (χ1n) is 10.3. The third-order valence-corrected chi connectivity index (χ3v) is 6.11. The minimum absolute atomic E-state index is 0.0640. The maximum atomic E-state index is 13.6. The average Bonchev–Trinajstić information content (AvgIpc) is 3.06. The number of nitrogens with zero attached hydrogens (tertiary/aromatic N) is 3. The Morgan fingerprint density at radius 3 is 2.42 bits per heavy atom. The van der Waals surface area contributed by atoms with Crippen LogP contribution in [0.2, 0.25) is 5.02 Å². The van der Waals surface area contributed by atoms with E-state index in [1.807, 2.05) is 24.3 Å². The lowest BCUT2D eigenvalue weighted by molar-refractivity contribution is 0.737. The molecule has 0 spiro atoms. The monoisotopic (exact) mass is 427 g/mol. The summed E-state index contributed by atoms with van der Waals surface area (Å²) in [6, 6.07) is 22.3. The largest absolute Gasteiger partial charge is 0.330 e. The van der Waals surface area contributed by atoms with E-state index >= 15 is 0 Å². The molecular weight excluding hydrogens is 406 g/mol. The second kappa shape index (κ2) is 7.71. The lowest BCUT2D eigenvalue weighted by Gasteiger charge is -2.10. The van der Waals surface area contributed by atoms with Gasteiger partial charge in [0.2, 0.25) is 0 Å². The van der Waals surface area contributed by atoms with Crippen molar-refractivity contribution in [2.45, 2.75) is 26.9 Å². The molecule has 0 saturated heterocycles. The molecule has 0 fully saturated rings. The third kappa shape index (κ3) is 3.53. The summed E-state index contributed by atoms with van der Waals surface area (Å²) in [6.07, 6.45) is 1.63. The Hall–Kier alpha value is -3.37. The summed E-state index contributed by atoms with van der Waals surface area (Å²) >= 11 is 6.34. The molecule has 0 amide bonds. The van der Waals surface area contributed by atoms with Crippen LogP contribution in [0.1, 0.15) is 22.3 Å². The van der Waals surface area contributed by atoms with Crippen molar-refractivity contribution in [1.29, 1.82) is 0 Å². The molecule has 0 aliphatic carbocycles. The van der Waals surface area contributed by atoms with E-state index in [-0.39, 0.29) is 5.56 Å². The van der Waals surface area contributed by atoms with Gasteiger partial charge >= 0.3 is 0 Å². The predicted molar refractivity (Wildman–Crippen MR) is 127 cm³/mol. The maximum Gasteiger partial charge on any atom is 0.278 e. The fourth-order valence-corrected chi connectivity index (χ4v) is 4.27. The van der Waals surface area contributed by atoms with Crippen LogP contribution in [0.4, 0.5) is 0 Å². The molecule has 31 heavy (non-hydrogen) atoms. The molecule has 4 nitrogen and oxygen atoms in total. The number of halogens is 1. The molecular formula is C26H22ClN3O. The van der Waals surface area contributed by atoms with Gasteiger partial charge in [0.15, 0.2) is 0 Å². The molecule has 3 aromatic carbocycles. The quantitative estimate of drug-likeness (QED) is 0.368. The highest BCUT2D eigenvalue weighted by molar-refractivity contribution is 6.31. The fourth-order valence-electron chi connectivity index (χ4n) is 4.08. The summed E-state index contributed by atoms with van der Waals surface area (Å²) in [5.74, 6) is 0. The summed E-state index contributed by atoms with van der Waals surface area (Å²) in [5.41, 5.74) is 6.71. The Labute approximate surface area is 185 Å². The average molecular weight is 428 g/mol. The van der Waals surface area contributed by atoms with Gasteiger partial charge in [-0.25, -0.2) is 4.98 Å². The Morgan fingerprint density at radius 1 is 0.903 bits per heavy atom. The molecule has 2 heterocycles. The topological polar surface area (TPSA) is 39.8 Å². The van der Waals surface area contributed by atoms with Gasteiger partial charge in [-0.2, -0.15) is 0 Å². The molecule has 5 heteroatoms. The van der Waals surface area contributed by atoms with Gasteiger partial charge in [0, 0.05) is 17.0 Å². The van der Waals surface area contributed by atoms with Crippen LogP contribution >= 0.6 is 11.6 Å². The van der Waals surface area contributed by atoms with Crippen molar-refractivity contribution in [3.8, 4) is 0 Å². The zero-order chi connectivity index (χ0) is 21.5. The molecule has 0 saturated carbocycles. The summed E-state index contributed by atoms with van der Waals surface area (Å²) in [7, 11) is 0. The molecule has 0 radical (unpaired) electrons. The van der Waals surface area contributed by atoms with E-state index in [0.29, 0.717) is 23.6 Å². The number of fused-ring (bicyclic) bond motifs is 3. The van der Waals surface area contributed by atoms with E-state index in [1.54, 1.807) is 10.9 Å². The van der Waals surface area contributed by atoms with E-state index in [2.05, 4.69) is 60.9 Å². The van der Waals surface area contributed by atoms with E-state index < -0.39 is 0 Å². The number of rotatable bonds is 4. The van der Waals surface area contributed by atoms with Crippen LogP contribution in [-0.2, 0) is 13.1 Å². The van der Waals surface area contributed by atoms with E-state index in [1.165, 1.54) is 5.56 Å². The zero-order valence-electron chi connectivity index (χ0n) is 17.5. The summed E-state index contributed by atoms with van der Waals surface area (Å²) in [4.78, 5) is 18.3. The molecule has 0 unspecified atom stereocenters. The maximum absolute atomic E-state index is 13.6. The smallest absolute Gasteiger partial charge is 0.278 e. The Bertz CT molecular complexity index is 1480. The molecule has 0 bridgehead atoms. The Balaban J connectivity index is 1.73. The lowest BCUT2D eigenvalue weighted by Crippen LogP contribution is -2.23. The fraction of sp³-hybridized carbons (Fsp3) is 0.154. The second-order valence-corrected chi connectivity index (χ2v) is 8.47. The van der Waals surface area contributed by atoms with Gasteiger partial charge in [-0.1, -0.05) is 71.3 Å². The minimum atomic E-state index is -0.0640. The van der Waals surface area contributed by atoms with Crippen LogP contribution in [-0.4, -0.2) is 14.1 Å². The van der Waals surface area contributed by atoms with Crippen LogP contribution in [0, 0.1) is 13.8 Å². The second-order valence-electron chi connectivity index (χ2n) is 8.06. The first-order valence-corrected chi connectivity index (χ1v) is 10.7. The van der Waals surface area contributed by atoms with Gasteiger partial charge in [-0.3, -0.25) is 9.36 Å². The highest BCUT2D eigenvalue weighted by atomic mass is 35.5. The van der Waals surface area contributed by atoms with Crippen LogP contribution < -0.4 is 5.56 Å². The Kier molecular flexibility index (Phi) is 4.87. The first-order chi connectivity index (χ1) is 15.0. The zero-order valence-corrected chi connectivity index (χ0v) is 18.2. The van der Waals surface area contributed by atoms with Crippen LogP contribution in [0.3, 0.4) is 0 Å². The molecule has 0 aliphatic heterocycles. The number of benzene rings is 3. The van der Waals surface area contributed by atoms with Crippen molar-refractivity contribution in [3.63, 3.8) is 0 Å². The van der Waals surface area contributed by atoms with E-state index in [4.69, 9.17) is 16.6 Å².